The lowest BCUT2D eigenvalue weighted by atomic mass is 10.4. The molecule has 0 nitrogen and oxygen atoms in total. The molecule has 5 heteroatoms. The van der Waals surface area contributed by atoms with Crippen LogP contribution in [0.1, 0.15) is 38.5 Å². The molecule has 0 heterocycles. The van der Waals surface area contributed by atoms with Gasteiger partial charge in [-0.05, 0) is 37.4 Å². The van der Waals surface area contributed by atoms with E-state index in [0.717, 1.165) is 36.9 Å². The molecule has 0 aliphatic rings. The highest BCUT2D eigenvalue weighted by Crippen LogP contribution is 2.32. The van der Waals surface area contributed by atoms with Crippen LogP contribution in [0.15, 0.2) is 0 Å². The molecule has 0 rings (SSSR count). The third-order valence-corrected chi connectivity index (χ3v) is 9.28. The van der Waals surface area contributed by atoms with Crippen LogP contribution in [0.2, 0.25) is 18.1 Å². The predicted molar refractivity (Wildman–Crippen MR) is 85.9 cm³/mol. The van der Waals surface area contributed by atoms with E-state index >= 15 is 0 Å². The molecule has 0 unspecified atom stereocenters. The third kappa shape index (κ3) is 10.9. The summed E-state index contributed by atoms with van der Waals surface area (Å²) in [5, 5.41) is 0. The summed E-state index contributed by atoms with van der Waals surface area (Å²) in [6.45, 7) is 0. The van der Waals surface area contributed by atoms with Crippen LogP contribution in [-0.4, -0.2) is 25.0 Å². The molecule has 0 fully saturated rings. The van der Waals surface area contributed by atoms with Crippen molar-refractivity contribution in [2.75, 3.05) is 17.6 Å². The number of hydrogen-bond donors (Lipinski definition) is 0. The summed E-state index contributed by atoms with van der Waals surface area (Å²) in [5.41, 5.74) is 0. The Morgan fingerprint density at radius 1 is 0.529 bits per heavy atom. The lowest BCUT2D eigenvalue weighted by molar-refractivity contribution is 0.811. The quantitative estimate of drug-likeness (QED) is 0.171. The maximum absolute atomic E-state index is 6.86. The molecule has 0 amide bonds. The van der Waals surface area contributed by atoms with Crippen LogP contribution >= 0.6 is 45.9 Å². The van der Waals surface area contributed by atoms with Crippen LogP contribution in [-0.2, 0) is 0 Å². The molecule has 0 saturated carbocycles. The average molecular weight is 338 g/mol. The molecule has 0 aliphatic heterocycles. The number of hydrogen-bond acceptors (Lipinski definition) is 0. The zero-order chi connectivity index (χ0) is 13.0. The minimum atomic E-state index is -1.56. The van der Waals surface area contributed by atoms with Crippen molar-refractivity contribution in [3.05, 3.63) is 0 Å². The first-order valence-corrected chi connectivity index (χ1v) is 11.8. The highest BCUT2D eigenvalue weighted by molar-refractivity contribution is 7.20. The zero-order valence-corrected chi connectivity index (χ0v) is 14.5. The van der Waals surface area contributed by atoms with E-state index in [9.17, 15) is 0 Å². The summed E-state index contributed by atoms with van der Waals surface area (Å²) < 4.78 is 0. The van der Waals surface area contributed by atoms with Gasteiger partial charge in [-0.25, -0.2) is 0 Å². The summed E-state index contributed by atoms with van der Waals surface area (Å²) in [6, 6.07) is 3.60. The molecular formula is C12H24Cl4Si. The average Bonchev–Trinajstić information content (AvgIpc) is 2.30. The minimum Gasteiger partial charge on any atom is -0.167 e. The molecule has 104 valence electrons. The molecular weight excluding hydrogens is 314 g/mol. The first-order chi connectivity index (χ1) is 8.18. The first kappa shape index (κ1) is 18.4. The van der Waals surface area contributed by atoms with Crippen molar-refractivity contribution < 1.29 is 0 Å². The van der Waals surface area contributed by atoms with Crippen LogP contribution in [0.5, 0.6) is 0 Å². The van der Waals surface area contributed by atoms with Gasteiger partial charge in [0.25, 0.3) is 0 Å². The van der Waals surface area contributed by atoms with Crippen molar-refractivity contribution in [3.8, 4) is 0 Å². The van der Waals surface area contributed by atoms with Crippen LogP contribution in [0, 0.1) is 0 Å². The maximum atomic E-state index is 6.86. The fraction of sp³-hybridized carbons (Fsp3) is 1.00. The third-order valence-electron chi connectivity index (χ3n) is 3.03. The molecule has 0 bridgehead atoms. The Balaban J connectivity index is 3.95. The largest absolute Gasteiger partial charge is 0.167 e. The number of unbranched alkanes of at least 4 members (excludes halogenated alkanes) is 3. The fourth-order valence-corrected chi connectivity index (χ4v) is 7.15. The molecule has 0 atom stereocenters. The second-order valence-electron chi connectivity index (χ2n) is 4.59. The Morgan fingerprint density at radius 2 is 0.824 bits per heavy atom. The van der Waals surface area contributed by atoms with Crippen LogP contribution < -0.4 is 0 Å². The number of rotatable bonds is 12. The maximum Gasteiger partial charge on any atom is 0.156 e. The van der Waals surface area contributed by atoms with Crippen molar-refractivity contribution in [1.82, 2.24) is 0 Å². The molecule has 0 N–H and O–H groups in total. The number of alkyl halides is 3. The number of halogens is 4. The highest BCUT2D eigenvalue weighted by Gasteiger charge is 2.28. The smallest absolute Gasteiger partial charge is 0.156 e. The second kappa shape index (κ2) is 12.4. The molecule has 0 aromatic heterocycles. The minimum absolute atomic E-state index is 0.755. The molecule has 0 spiro atoms. The summed E-state index contributed by atoms with van der Waals surface area (Å²) in [6.07, 6.45) is 6.82. The SMILES string of the molecule is ClCCCC[Si](Cl)(CCCCCl)CCCCCl. The van der Waals surface area contributed by atoms with Crippen molar-refractivity contribution in [3.63, 3.8) is 0 Å². The van der Waals surface area contributed by atoms with Crippen LogP contribution in [0.4, 0.5) is 0 Å². The lowest BCUT2D eigenvalue weighted by Crippen LogP contribution is -2.26. The van der Waals surface area contributed by atoms with Gasteiger partial charge < -0.3 is 0 Å². The van der Waals surface area contributed by atoms with Gasteiger partial charge in [-0.2, -0.15) is 11.1 Å². The van der Waals surface area contributed by atoms with Gasteiger partial charge in [-0.1, -0.05) is 19.3 Å². The molecule has 0 radical (unpaired) electrons. The van der Waals surface area contributed by atoms with Gasteiger partial charge in [0.15, 0.2) is 7.38 Å². The summed E-state index contributed by atoms with van der Waals surface area (Å²) in [5.74, 6) is 2.26. The van der Waals surface area contributed by atoms with E-state index in [1.54, 1.807) is 0 Å². The molecule has 0 aromatic carbocycles. The van der Waals surface area contributed by atoms with Crippen molar-refractivity contribution in [1.29, 1.82) is 0 Å². The van der Waals surface area contributed by atoms with E-state index in [-0.39, 0.29) is 0 Å². The van der Waals surface area contributed by atoms with Crippen molar-refractivity contribution in [2.45, 2.75) is 56.7 Å². The van der Waals surface area contributed by atoms with Gasteiger partial charge in [0.1, 0.15) is 0 Å². The molecule has 0 aromatic rings. The first-order valence-electron chi connectivity index (χ1n) is 6.55. The second-order valence-corrected chi connectivity index (χ2v) is 11.9. The summed E-state index contributed by atoms with van der Waals surface area (Å²) >= 11 is 24.0. The van der Waals surface area contributed by atoms with Gasteiger partial charge in [0.2, 0.25) is 0 Å². The highest BCUT2D eigenvalue weighted by atomic mass is 35.6. The van der Waals surface area contributed by atoms with Crippen LogP contribution in [0.3, 0.4) is 0 Å². The summed E-state index contributed by atoms with van der Waals surface area (Å²) in [7, 11) is -1.56. The van der Waals surface area contributed by atoms with E-state index in [4.69, 9.17) is 45.9 Å². The Morgan fingerprint density at radius 3 is 1.06 bits per heavy atom. The zero-order valence-electron chi connectivity index (χ0n) is 10.5. The predicted octanol–water partition coefficient (Wildman–Crippen LogP) is 6.23. The normalized spacial score (nSPS) is 12.0. The molecule has 17 heavy (non-hydrogen) atoms. The van der Waals surface area contributed by atoms with Gasteiger partial charge in [-0.15, -0.1) is 34.8 Å². The van der Waals surface area contributed by atoms with E-state index in [1.165, 1.54) is 37.4 Å². The molecule has 0 aliphatic carbocycles. The van der Waals surface area contributed by atoms with E-state index in [2.05, 4.69) is 0 Å². The van der Waals surface area contributed by atoms with Crippen molar-refractivity contribution in [2.24, 2.45) is 0 Å². The Bertz CT molecular complexity index is 140. The van der Waals surface area contributed by atoms with Gasteiger partial charge >= 0.3 is 0 Å². The van der Waals surface area contributed by atoms with Gasteiger partial charge in [0.05, 0.1) is 0 Å². The topological polar surface area (TPSA) is 0 Å². The Labute approximate surface area is 127 Å². The Kier molecular flexibility index (Phi) is 13.4. The van der Waals surface area contributed by atoms with E-state index in [0.29, 0.717) is 0 Å². The van der Waals surface area contributed by atoms with Gasteiger partial charge in [-0.3, -0.25) is 0 Å². The van der Waals surface area contributed by atoms with Crippen LogP contribution in [0.25, 0.3) is 0 Å². The van der Waals surface area contributed by atoms with Gasteiger partial charge in [0, 0.05) is 17.6 Å². The lowest BCUT2D eigenvalue weighted by Gasteiger charge is -2.24. The fourth-order valence-electron chi connectivity index (χ4n) is 1.98. The van der Waals surface area contributed by atoms with Crippen molar-refractivity contribution >= 4 is 53.3 Å². The monoisotopic (exact) mass is 336 g/mol. The van der Waals surface area contributed by atoms with E-state index < -0.39 is 7.38 Å². The standard InChI is InChI=1S/C12H24Cl4Si/c13-7-1-4-10-17(16,11-5-2-8-14)12-6-3-9-15/h1-12H2. The summed E-state index contributed by atoms with van der Waals surface area (Å²) in [4.78, 5) is 0. The van der Waals surface area contributed by atoms with E-state index in [1.807, 2.05) is 0 Å². The Hall–Kier alpha value is 1.38. The molecule has 0 saturated heterocycles.